The second-order valence-electron chi connectivity index (χ2n) is 5.38. The highest BCUT2D eigenvalue weighted by atomic mass is 16.6. The third-order valence-corrected chi connectivity index (χ3v) is 2.31. The molecular weight excluding hydrogens is 246 g/mol. The molecule has 1 N–H and O–H groups in total. The third kappa shape index (κ3) is 5.07. The van der Waals surface area contributed by atoms with Crippen molar-refractivity contribution in [3.05, 3.63) is 23.8 Å². The molecule has 0 unspecified atom stereocenters. The number of phenols is 1. The highest BCUT2D eigenvalue weighted by Gasteiger charge is 2.19. The molecule has 0 atom stereocenters. The second-order valence-corrected chi connectivity index (χ2v) is 5.38. The van der Waals surface area contributed by atoms with Crippen molar-refractivity contribution < 1.29 is 19.4 Å². The molecule has 0 radical (unpaired) electrons. The van der Waals surface area contributed by atoms with E-state index in [2.05, 4.69) is 0 Å². The number of amides is 1. The molecule has 0 bridgehead atoms. The summed E-state index contributed by atoms with van der Waals surface area (Å²) in [6.45, 7) is 5.78. The Hall–Kier alpha value is -1.91. The van der Waals surface area contributed by atoms with E-state index in [-0.39, 0.29) is 5.75 Å². The van der Waals surface area contributed by atoms with Gasteiger partial charge < -0.3 is 19.5 Å². The van der Waals surface area contributed by atoms with E-state index in [9.17, 15) is 9.90 Å². The average molecular weight is 267 g/mol. The minimum Gasteiger partial charge on any atom is -0.508 e. The number of hydrogen-bond donors (Lipinski definition) is 1. The van der Waals surface area contributed by atoms with Crippen LogP contribution in [-0.2, 0) is 11.3 Å². The third-order valence-electron chi connectivity index (χ3n) is 2.31. The number of ether oxygens (including phenoxy) is 2. The van der Waals surface area contributed by atoms with E-state index in [1.165, 1.54) is 18.1 Å². The molecule has 106 valence electrons. The molecule has 0 saturated heterocycles. The fourth-order valence-corrected chi connectivity index (χ4v) is 1.53. The Labute approximate surface area is 113 Å². The first kappa shape index (κ1) is 15.1. The predicted octanol–water partition coefficient (Wildman–Crippen LogP) is 2.77. The number of benzene rings is 1. The number of aromatic hydroxyl groups is 1. The number of methoxy groups -OCH3 is 1. The van der Waals surface area contributed by atoms with Gasteiger partial charge in [-0.2, -0.15) is 0 Å². The quantitative estimate of drug-likeness (QED) is 0.914. The summed E-state index contributed by atoms with van der Waals surface area (Å²) in [4.78, 5) is 13.3. The van der Waals surface area contributed by atoms with Gasteiger partial charge in [-0.15, -0.1) is 0 Å². The number of hydrogen-bond acceptors (Lipinski definition) is 4. The van der Waals surface area contributed by atoms with Crippen molar-refractivity contribution in [2.24, 2.45) is 0 Å². The summed E-state index contributed by atoms with van der Waals surface area (Å²) in [5.74, 6) is 0.652. The molecule has 0 aliphatic heterocycles. The number of carbonyl (C=O) groups is 1. The minimum atomic E-state index is -0.526. The fraction of sp³-hybridized carbons (Fsp3) is 0.500. The highest BCUT2D eigenvalue weighted by Crippen LogP contribution is 2.22. The molecule has 0 fully saturated rings. The van der Waals surface area contributed by atoms with Gasteiger partial charge in [-0.3, -0.25) is 0 Å². The summed E-state index contributed by atoms with van der Waals surface area (Å²) in [6, 6.07) is 4.86. The zero-order chi connectivity index (χ0) is 14.6. The van der Waals surface area contributed by atoms with E-state index < -0.39 is 11.7 Å². The van der Waals surface area contributed by atoms with Crippen LogP contribution in [0.1, 0.15) is 26.3 Å². The maximum Gasteiger partial charge on any atom is 0.410 e. The lowest BCUT2D eigenvalue weighted by atomic mass is 10.2. The lowest BCUT2D eigenvalue weighted by molar-refractivity contribution is 0.0285. The normalized spacial score (nSPS) is 11.0. The van der Waals surface area contributed by atoms with E-state index in [0.29, 0.717) is 12.3 Å². The van der Waals surface area contributed by atoms with Crippen LogP contribution in [-0.4, -0.2) is 35.9 Å². The van der Waals surface area contributed by atoms with Gasteiger partial charge in [-0.1, -0.05) is 0 Å². The van der Waals surface area contributed by atoms with Crippen molar-refractivity contribution in [3.8, 4) is 11.5 Å². The summed E-state index contributed by atoms with van der Waals surface area (Å²) in [5, 5.41) is 9.55. The molecular formula is C14H21NO4. The van der Waals surface area contributed by atoms with Crippen molar-refractivity contribution in [1.82, 2.24) is 4.90 Å². The first-order valence-electron chi connectivity index (χ1n) is 6.02. The molecule has 0 aliphatic carbocycles. The molecule has 0 aromatic heterocycles. The van der Waals surface area contributed by atoms with E-state index >= 15 is 0 Å². The van der Waals surface area contributed by atoms with Crippen LogP contribution in [0, 0.1) is 0 Å². The lowest BCUT2D eigenvalue weighted by Crippen LogP contribution is -2.33. The van der Waals surface area contributed by atoms with Crippen molar-refractivity contribution in [1.29, 1.82) is 0 Å². The van der Waals surface area contributed by atoms with Gasteiger partial charge in [0.2, 0.25) is 0 Å². The second kappa shape index (κ2) is 5.82. The van der Waals surface area contributed by atoms with Gasteiger partial charge in [0.15, 0.2) is 0 Å². The standard InChI is InChI=1S/C14H21NO4/c1-14(2,3)19-13(17)15(4)9-10-6-11(16)8-12(7-10)18-5/h6-8,16H,9H2,1-5H3. The maximum absolute atomic E-state index is 11.8. The number of phenolic OH excluding ortho intramolecular Hbond substituents is 1. The molecule has 19 heavy (non-hydrogen) atoms. The van der Waals surface area contributed by atoms with Crippen molar-refractivity contribution >= 4 is 6.09 Å². The van der Waals surface area contributed by atoms with Gasteiger partial charge in [-0.25, -0.2) is 4.79 Å². The summed E-state index contributed by atoms with van der Waals surface area (Å²) >= 11 is 0. The van der Waals surface area contributed by atoms with E-state index in [1.54, 1.807) is 19.2 Å². The molecule has 0 heterocycles. The molecule has 1 amide bonds. The Balaban J connectivity index is 2.74. The van der Waals surface area contributed by atoms with Gasteiger partial charge in [0, 0.05) is 19.7 Å². The first-order chi connectivity index (χ1) is 8.71. The first-order valence-corrected chi connectivity index (χ1v) is 6.02. The van der Waals surface area contributed by atoms with E-state index in [0.717, 1.165) is 5.56 Å². The van der Waals surface area contributed by atoms with Crippen LogP contribution in [0.2, 0.25) is 0 Å². The summed E-state index contributed by atoms with van der Waals surface area (Å²) < 4.78 is 10.3. The maximum atomic E-state index is 11.8. The van der Waals surface area contributed by atoms with Crippen LogP contribution >= 0.6 is 0 Å². The monoisotopic (exact) mass is 267 g/mol. The van der Waals surface area contributed by atoms with Gasteiger partial charge in [0.25, 0.3) is 0 Å². The number of rotatable bonds is 3. The summed E-state index contributed by atoms with van der Waals surface area (Å²) in [6.07, 6.45) is -0.408. The molecule has 0 spiro atoms. The minimum absolute atomic E-state index is 0.104. The van der Waals surface area contributed by atoms with Crippen LogP contribution in [0.4, 0.5) is 4.79 Å². The topological polar surface area (TPSA) is 59.0 Å². The lowest BCUT2D eigenvalue weighted by Gasteiger charge is -2.24. The van der Waals surface area contributed by atoms with Crippen molar-refractivity contribution in [2.75, 3.05) is 14.2 Å². The smallest absolute Gasteiger partial charge is 0.410 e. The molecule has 5 heteroatoms. The molecule has 1 aromatic rings. The van der Waals surface area contributed by atoms with Gasteiger partial charge in [-0.05, 0) is 38.5 Å². The largest absolute Gasteiger partial charge is 0.508 e. The molecule has 1 aromatic carbocycles. The summed E-state index contributed by atoms with van der Waals surface area (Å²) in [5.41, 5.74) is 0.243. The molecule has 0 aliphatic rings. The Morgan fingerprint density at radius 1 is 1.32 bits per heavy atom. The number of carbonyl (C=O) groups excluding carboxylic acids is 1. The summed E-state index contributed by atoms with van der Waals surface area (Å²) in [7, 11) is 3.17. The molecule has 1 rings (SSSR count). The SMILES string of the molecule is COc1cc(O)cc(CN(C)C(=O)OC(C)(C)C)c1. The van der Waals surface area contributed by atoms with Crippen LogP contribution in [0.5, 0.6) is 11.5 Å². The molecule has 0 saturated carbocycles. The average Bonchev–Trinajstić information content (AvgIpc) is 2.25. The van der Waals surface area contributed by atoms with Crippen LogP contribution in [0.3, 0.4) is 0 Å². The fourth-order valence-electron chi connectivity index (χ4n) is 1.53. The van der Waals surface area contributed by atoms with Crippen molar-refractivity contribution in [3.63, 3.8) is 0 Å². The number of nitrogens with zero attached hydrogens (tertiary/aromatic N) is 1. The Morgan fingerprint density at radius 2 is 1.95 bits per heavy atom. The zero-order valence-corrected chi connectivity index (χ0v) is 12.1. The Bertz CT molecular complexity index is 451. The van der Waals surface area contributed by atoms with Gasteiger partial charge in [0.05, 0.1) is 7.11 Å². The Morgan fingerprint density at radius 3 is 2.47 bits per heavy atom. The van der Waals surface area contributed by atoms with Gasteiger partial charge in [0.1, 0.15) is 17.1 Å². The van der Waals surface area contributed by atoms with Crippen LogP contribution in [0.25, 0.3) is 0 Å². The van der Waals surface area contributed by atoms with Gasteiger partial charge >= 0.3 is 6.09 Å². The highest BCUT2D eigenvalue weighted by molar-refractivity contribution is 5.67. The Kier molecular flexibility index (Phi) is 4.64. The predicted molar refractivity (Wildman–Crippen MR) is 72.4 cm³/mol. The van der Waals surface area contributed by atoms with Crippen molar-refractivity contribution in [2.45, 2.75) is 32.9 Å². The van der Waals surface area contributed by atoms with E-state index in [1.807, 2.05) is 20.8 Å². The van der Waals surface area contributed by atoms with Crippen LogP contribution in [0.15, 0.2) is 18.2 Å². The molecule has 5 nitrogen and oxygen atoms in total. The zero-order valence-electron chi connectivity index (χ0n) is 12.1. The van der Waals surface area contributed by atoms with E-state index in [4.69, 9.17) is 9.47 Å². The van der Waals surface area contributed by atoms with Crippen LogP contribution < -0.4 is 4.74 Å².